The normalized spacial score (nSPS) is 11.4. The van der Waals surface area contributed by atoms with Crippen LogP contribution in [0.4, 0.5) is 5.82 Å². The molecule has 0 amide bonds. The lowest BCUT2D eigenvalue weighted by Crippen LogP contribution is -2.17. The smallest absolute Gasteiger partial charge is 0.293 e. The maximum Gasteiger partial charge on any atom is 0.293 e. The highest BCUT2D eigenvalue weighted by atomic mass is 16.5. The van der Waals surface area contributed by atoms with Gasteiger partial charge in [0.05, 0.1) is 0 Å². The van der Waals surface area contributed by atoms with E-state index in [0.29, 0.717) is 12.3 Å². The van der Waals surface area contributed by atoms with Gasteiger partial charge < -0.3 is 10.5 Å². The number of benzene rings is 1. The highest BCUT2D eigenvalue weighted by Gasteiger charge is 2.34. The molecular weight excluding hydrogens is 254 g/mol. The van der Waals surface area contributed by atoms with E-state index < -0.39 is 0 Å². The number of aromatic nitrogens is 2. The minimum absolute atomic E-state index is 0.318. The van der Waals surface area contributed by atoms with Crippen molar-refractivity contribution < 1.29 is 9.53 Å². The van der Waals surface area contributed by atoms with Gasteiger partial charge in [0.1, 0.15) is 17.0 Å². The predicted octanol–water partition coefficient (Wildman–Crippen LogP) is 2.70. The molecule has 0 bridgehead atoms. The fourth-order valence-electron chi connectivity index (χ4n) is 1.82. The van der Waals surface area contributed by atoms with E-state index in [1.165, 1.54) is 16.8 Å². The molecule has 106 valence electrons. The summed E-state index contributed by atoms with van der Waals surface area (Å²) >= 11 is 0. The number of rotatable bonds is 2. The lowest BCUT2D eigenvalue weighted by molar-refractivity contribution is -0.138. The van der Waals surface area contributed by atoms with Gasteiger partial charge in [-0.1, -0.05) is 24.3 Å². The lowest BCUT2D eigenvalue weighted by Gasteiger charge is -2.14. The molecule has 20 heavy (non-hydrogen) atoms. The molecule has 0 aliphatic carbocycles. The highest BCUT2D eigenvalue weighted by Crippen LogP contribution is 2.45. The van der Waals surface area contributed by atoms with Gasteiger partial charge in [-0.05, 0) is 33.3 Å². The molecule has 0 aromatic heterocycles. The van der Waals surface area contributed by atoms with Crippen LogP contribution in [0.1, 0.15) is 26.3 Å². The summed E-state index contributed by atoms with van der Waals surface area (Å²) in [4.78, 5) is 9.60. The van der Waals surface area contributed by atoms with E-state index in [1.807, 2.05) is 37.6 Å². The topological polar surface area (TPSA) is 70.1 Å². The van der Waals surface area contributed by atoms with Crippen molar-refractivity contribution in [2.75, 3.05) is 5.73 Å². The van der Waals surface area contributed by atoms with Crippen molar-refractivity contribution in [1.29, 1.82) is 0 Å². The Hall–Kier alpha value is -2.30. The number of nitrogens with two attached hydrogens (primary N) is 1. The van der Waals surface area contributed by atoms with Crippen LogP contribution in [0.2, 0.25) is 0 Å². The van der Waals surface area contributed by atoms with Gasteiger partial charge in [-0.15, -0.1) is 5.10 Å². The summed E-state index contributed by atoms with van der Waals surface area (Å²) in [7, 11) is 0. The summed E-state index contributed by atoms with van der Waals surface area (Å²) in [5.41, 5.74) is 10.1. The lowest BCUT2D eigenvalue weighted by atomic mass is 10.1. The molecule has 0 saturated carbocycles. The van der Waals surface area contributed by atoms with E-state index in [9.17, 15) is 4.79 Å². The molecule has 5 heteroatoms. The number of ether oxygens (including phenoxy) is 1. The number of nitrogen functional groups attached to an aromatic ring is 1. The third-order valence-electron chi connectivity index (χ3n) is 2.85. The number of fused-ring (bicyclic) bond motifs is 1. The van der Waals surface area contributed by atoms with Crippen LogP contribution in [0.15, 0.2) is 24.3 Å². The first-order valence-corrected chi connectivity index (χ1v) is 6.41. The average Bonchev–Trinajstić information content (AvgIpc) is 2.94. The molecule has 0 radical (unpaired) electrons. The standard InChI is InChI=1S/C10H9N3.C5H10O2/c1-6-4-2-3-5-7(6)8-9-10(11)12-13(8)9;1-5(2,3)7-4-6/h2-5H,1H3,(H2,11,12);4H,1-3H3. The van der Waals surface area contributed by atoms with Crippen molar-refractivity contribution in [1.82, 2.24) is 9.78 Å². The average molecular weight is 273 g/mol. The molecule has 1 aromatic carbocycles. The van der Waals surface area contributed by atoms with E-state index in [4.69, 9.17) is 5.73 Å². The summed E-state index contributed by atoms with van der Waals surface area (Å²) in [6.07, 6.45) is 0. The van der Waals surface area contributed by atoms with Gasteiger partial charge in [-0.2, -0.15) is 0 Å². The van der Waals surface area contributed by atoms with Gasteiger partial charge in [-0.25, -0.2) is 4.68 Å². The molecule has 2 aliphatic heterocycles. The number of nitrogens with zero attached hydrogens (tertiary/aromatic N) is 2. The molecule has 2 aliphatic rings. The number of hydrogen-bond acceptors (Lipinski definition) is 4. The first-order chi connectivity index (χ1) is 9.35. The molecule has 2 heterocycles. The van der Waals surface area contributed by atoms with E-state index in [0.717, 1.165) is 5.69 Å². The Labute approximate surface area is 118 Å². The van der Waals surface area contributed by atoms with Crippen LogP contribution in [0, 0.1) is 6.92 Å². The highest BCUT2D eigenvalue weighted by molar-refractivity contribution is 5.90. The van der Waals surface area contributed by atoms with Crippen molar-refractivity contribution in [3.05, 3.63) is 29.8 Å². The largest absolute Gasteiger partial charge is 0.462 e. The van der Waals surface area contributed by atoms with Crippen LogP contribution >= 0.6 is 0 Å². The summed E-state index contributed by atoms with van der Waals surface area (Å²) in [6.45, 7) is 8.02. The van der Waals surface area contributed by atoms with Crippen molar-refractivity contribution in [2.45, 2.75) is 33.3 Å². The monoisotopic (exact) mass is 273 g/mol. The van der Waals surface area contributed by atoms with Crippen LogP contribution in [-0.4, -0.2) is 21.9 Å². The van der Waals surface area contributed by atoms with Gasteiger partial charge >= 0.3 is 0 Å². The Balaban J connectivity index is 0.000000182. The zero-order valence-corrected chi connectivity index (χ0v) is 12.2. The van der Waals surface area contributed by atoms with Crippen molar-refractivity contribution in [3.63, 3.8) is 0 Å². The van der Waals surface area contributed by atoms with Crippen LogP contribution in [0.25, 0.3) is 16.9 Å². The molecule has 0 spiro atoms. The first kappa shape index (κ1) is 14.1. The van der Waals surface area contributed by atoms with Gasteiger partial charge in [0.25, 0.3) is 6.47 Å². The predicted molar refractivity (Wildman–Crippen MR) is 78.6 cm³/mol. The third-order valence-corrected chi connectivity index (χ3v) is 2.85. The Morgan fingerprint density at radius 2 is 1.95 bits per heavy atom. The molecule has 0 unspecified atom stereocenters. The third kappa shape index (κ3) is 2.82. The quantitative estimate of drug-likeness (QED) is 0.729. The Morgan fingerprint density at radius 3 is 2.30 bits per heavy atom. The van der Waals surface area contributed by atoms with Crippen LogP contribution in [0.3, 0.4) is 0 Å². The van der Waals surface area contributed by atoms with Gasteiger partial charge in [0.15, 0.2) is 5.82 Å². The van der Waals surface area contributed by atoms with Crippen molar-refractivity contribution in [3.8, 4) is 16.9 Å². The minimum Gasteiger partial charge on any atom is -0.462 e. The molecule has 1 aromatic rings. The van der Waals surface area contributed by atoms with Crippen molar-refractivity contribution >= 4 is 12.3 Å². The summed E-state index contributed by atoms with van der Waals surface area (Å²) in [5, 5.41) is 4.05. The fraction of sp³-hybridized carbons (Fsp3) is 0.333. The summed E-state index contributed by atoms with van der Waals surface area (Å²) in [5.74, 6) is 0.665. The maximum absolute atomic E-state index is 9.60. The fourth-order valence-corrected chi connectivity index (χ4v) is 1.82. The number of anilines is 1. The van der Waals surface area contributed by atoms with E-state index in [-0.39, 0.29) is 5.60 Å². The zero-order chi connectivity index (χ0) is 14.9. The molecule has 0 fully saturated rings. The maximum atomic E-state index is 9.60. The Morgan fingerprint density at radius 1 is 1.30 bits per heavy atom. The number of carbonyl (C=O) groups excluding carboxylic acids is 1. The number of hydrogen-bond donors (Lipinski definition) is 1. The molecule has 0 saturated heterocycles. The Kier molecular flexibility index (Phi) is 3.53. The van der Waals surface area contributed by atoms with E-state index in [2.05, 4.69) is 28.9 Å². The Bertz CT molecular complexity index is 639. The second-order valence-electron chi connectivity index (χ2n) is 5.64. The van der Waals surface area contributed by atoms with Crippen molar-refractivity contribution in [2.24, 2.45) is 0 Å². The summed E-state index contributed by atoms with van der Waals surface area (Å²) < 4.78 is 6.44. The van der Waals surface area contributed by atoms with Crippen LogP contribution < -0.4 is 5.73 Å². The SMILES string of the molecule is CC(C)(C)OC=O.Cc1ccccc1-c1c2c(N)nn1-2. The van der Waals surface area contributed by atoms with E-state index >= 15 is 0 Å². The van der Waals surface area contributed by atoms with Crippen LogP contribution in [0.5, 0.6) is 0 Å². The van der Waals surface area contributed by atoms with Gasteiger partial charge in [-0.3, -0.25) is 4.79 Å². The summed E-state index contributed by atoms with van der Waals surface area (Å²) in [6, 6.07) is 8.26. The van der Waals surface area contributed by atoms with Crippen LogP contribution in [-0.2, 0) is 9.53 Å². The number of carbonyl (C=O) groups is 1. The molecule has 0 atom stereocenters. The van der Waals surface area contributed by atoms with E-state index in [1.54, 1.807) is 0 Å². The molecule has 2 N–H and O–H groups in total. The van der Waals surface area contributed by atoms with Gasteiger partial charge in [0, 0.05) is 5.56 Å². The zero-order valence-electron chi connectivity index (χ0n) is 12.2. The first-order valence-electron chi connectivity index (χ1n) is 6.41. The second-order valence-corrected chi connectivity index (χ2v) is 5.64. The molecule has 3 rings (SSSR count). The van der Waals surface area contributed by atoms with Gasteiger partial charge in [0.2, 0.25) is 0 Å². The molecular formula is C15H19N3O2. The molecule has 5 nitrogen and oxygen atoms in total. The minimum atomic E-state index is -0.318. The second kappa shape index (κ2) is 5.00. The number of aryl methyl sites for hydroxylation is 1.